The molecule has 124 valence electrons. The van der Waals surface area contributed by atoms with Crippen LogP contribution in [0, 0.1) is 20.8 Å². The van der Waals surface area contributed by atoms with Crippen LogP contribution in [-0.2, 0) is 4.74 Å². The number of aromatic nitrogens is 2. The topological polar surface area (TPSA) is 64.1 Å². The molecule has 0 radical (unpaired) electrons. The highest BCUT2D eigenvalue weighted by Crippen LogP contribution is 2.37. The molecule has 3 rings (SSSR count). The van der Waals surface area contributed by atoms with E-state index in [-0.39, 0.29) is 5.97 Å². The van der Waals surface area contributed by atoms with Gasteiger partial charge in [0.15, 0.2) is 0 Å². The van der Waals surface area contributed by atoms with Gasteiger partial charge in [-0.05, 0) is 43.5 Å². The maximum atomic E-state index is 11.9. The average Bonchev–Trinajstić information content (AvgIpc) is 2.88. The fourth-order valence-corrected chi connectivity index (χ4v) is 4.08. The van der Waals surface area contributed by atoms with Crippen LogP contribution in [0.3, 0.4) is 0 Å². The first-order chi connectivity index (χ1) is 11.4. The maximum absolute atomic E-state index is 11.9. The van der Waals surface area contributed by atoms with Crippen molar-refractivity contribution >= 4 is 50.6 Å². The fraction of sp³-hybridized carbons (Fsp3) is 0.235. The number of esters is 1. The summed E-state index contributed by atoms with van der Waals surface area (Å²) < 4.78 is 4.84. The molecule has 0 aliphatic heterocycles. The van der Waals surface area contributed by atoms with Gasteiger partial charge in [-0.1, -0.05) is 17.7 Å². The number of carbonyl (C=O) groups excluding carboxylic acids is 1. The van der Waals surface area contributed by atoms with Crippen molar-refractivity contribution < 1.29 is 9.53 Å². The van der Waals surface area contributed by atoms with Crippen molar-refractivity contribution in [1.29, 1.82) is 0 Å². The molecule has 0 aliphatic carbocycles. The van der Waals surface area contributed by atoms with Crippen molar-refractivity contribution in [2.24, 2.45) is 0 Å². The molecule has 0 saturated carbocycles. The van der Waals surface area contributed by atoms with Gasteiger partial charge >= 0.3 is 5.97 Å². The molecular weight excluding hydrogens is 346 g/mol. The first-order valence-electron chi connectivity index (χ1n) is 7.28. The predicted octanol–water partition coefficient (Wildman–Crippen LogP) is 4.80. The van der Waals surface area contributed by atoms with Crippen molar-refractivity contribution in [1.82, 2.24) is 9.97 Å². The average molecular weight is 362 g/mol. The normalized spacial score (nSPS) is 10.9. The number of methoxy groups -OCH3 is 1. The Labute approximate surface area is 148 Å². The predicted molar refractivity (Wildman–Crippen MR) is 97.7 cm³/mol. The molecule has 0 aliphatic rings. The zero-order valence-corrected chi connectivity index (χ0v) is 15.3. The number of hydrogen-bond acceptors (Lipinski definition) is 6. The molecule has 24 heavy (non-hydrogen) atoms. The molecule has 0 unspecified atom stereocenters. The lowest BCUT2D eigenvalue weighted by Gasteiger charge is -2.13. The largest absolute Gasteiger partial charge is 0.465 e. The number of nitrogens with one attached hydrogen (secondary N) is 1. The fourth-order valence-electron chi connectivity index (χ4n) is 2.65. The third-order valence-electron chi connectivity index (χ3n) is 3.77. The summed E-state index contributed by atoms with van der Waals surface area (Å²) in [6.45, 7) is 5.85. The second-order valence-corrected chi connectivity index (χ2v) is 6.92. The van der Waals surface area contributed by atoms with E-state index in [1.165, 1.54) is 24.8 Å². The van der Waals surface area contributed by atoms with Gasteiger partial charge < -0.3 is 10.1 Å². The van der Waals surface area contributed by atoms with E-state index in [4.69, 9.17) is 16.3 Å². The van der Waals surface area contributed by atoms with Gasteiger partial charge in [0.25, 0.3) is 0 Å². The van der Waals surface area contributed by atoms with Crippen LogP contribution in [0.2, 0.25) is 5.02 Å². The Bertz CT molecular complexity index is 929. The SMILES string of the molecule is COC(=O)c1sc2ncnc(Nc3c(C)cc(C)cc3Cl)c2c1C. The first kappa shape index (κ1) is 16.7. The number of fused-ring (bicyclic) bond motifs is 1. The lowest BCUT2D eigenvalue weighted by atomic mass is 10.1. The summed E-state index contributed by atoms with van der Waals surface area (Å²) in [5.41, 5.74) is 3.71. The van der Waals surface area contributed by atoms with Gasteiger partial charge in [-0.3, -0.25) is 0 Å². The molecule has 0 spiro atoms. The van der Waals surface area contributed by atoms with E-state index in [9.17, 15) is 4.79 Å². The van der Waals surface area contributed by atoms with Crippen LogP contribution < -0.4 is 5.32 Å². The molecule has 7 heteroatoms. The third kappa shape index (κ3) is 2.83. The van der Waals surface area contributed by atoms with Gasteiger partial charge in [0, 0.05) is 0 Å². The maximum Gasteiger partial charge on any atom is 0.348 e. The van der Waals surface area contributed by atoms with Crippen molar-refractivity contribution in [3.8, 4) is 0 Å². The molecule has 0 saturated heterocycles. The number of anilines is 2. The second-order valence-electron chi connectivity index (χ2n) is 5.51. The standard InChI is InChI=1S/C17H16ClN3O2S/c1-8-5-9(2)13(11(18)6-8)21-15-12-10(3)14(17(22)23-4)24-16(12)20-7-19-15/h5-7H,1-4H3,(H,19,20,21). The Morgan fingerprint density at radius 3 is 2.67 bits per heavy atom. The van der Waals surface area contributed by atoms with Gasteiger partial charge in [-0.2, -0.15) is 0 Å². The zero-order valence-electron chi connectivity index (χ0n) is 13.7. The summed E-state index contributed by atoms with van der Waals surface area (Å²) in [4.78, 5) is 21.8. The molecule has 1 aromatic carbocycles. The van der Waals surface area contributed by atoms with Crippen LogP contribution >= 0.6 is 22.9 Å². The summed E-state index contributed by atoms with van der Waals surface area (Å²) in [5.74, 6) is 0.253. The smallest absolute Gasteiger partial charge is 0.348 e. The van der Waals surface area contributed by atoms with Gasteiger partial charge in [-0.15, -0.1) is 11.3 Å². The van der Waals surface area contributed by atoms with E-state index >= 15 is 0 Å². The molecule has 0 amide bonds. The van der Waals surface area contributed by atoms with Crippen molar-refractivity contribution in [3.63, 3.8) is 0 Å². The Morgan fingerprint density at radius 1 is 1.25 bits per heavy atom. The molecule has 3 aromatic rings. The molecule has 2 aromatic heterocycles. The number of aryl methyl sites for hydroxylation is 3. The van der Waals surface area contributed by atoms with Crippen LogP contribution in [0.1, 0.15) is 26.4 Å². The van der Waals surface area contributed by atoms with E-state index < -0.39 is 0 Å². The molecule has 5 nitrogen and oxygen atoms in total. The third-order valence-corrected chi connectivity index (χ3v) is 5.25. The highest BCUT2D eigenvalue weighted by Gasteiger charge is 2.20. The Balaban J connectivity index is 2.14. The summed E-state index contributed by atoms with van der Waals surface area (Å²) in [7, 11) is 1.37. The number of thiophene rings is 1. The summed E-state index contributed by atoms with van der Waals surface area (Å²) in [6, 6.07) is 3.95. The monoisotopic (exact) mass is 361 g/mol. The number of hydrogen-bond donors (Lipinski definition) is 1. The number of carbonyl (C=O) groups is 1. The second kappa shape index (κ2) is 6.37. The number of rotatable bonds is 3. The van der Waals surface area contributed by atoms with Crippen LogP contribution in [-0.4, -0.2) is 23.0 Å². The molecule has 1 N–H and O–H groups in total. The van der Waals surface area contributed by atoms with Crippen LogP contribution in [0.4, 0.5) is 11.5 Å². The number of halogens is 1. The quantitative estimate of drug-likeness (QED) is 0.679. The Kier molecular flexibility index (Phi) is 4.43. The molecule has 2 heterocycles. The minimum Gasteiger partial charge on any atom is -0.465 e. The number of nitrogens with zero attached hydrogens (tertiary/aromatic N) is 2. The molecule has 0 atom stereocenters. The van der Waals surface area contributed by atoms with Crippen LogP contribution in [0.15, 0.2) is 18.5 Å². The van der Waals surface area contributed by atoms with Gasteiger partial charge in [0.2, 0.25) is 0 Å². The number of ether oxygens (including phenoxy) is 1. The van der Waals surface area contributed by atoms with Crippen molar-refractivity contribution in [2.75, 3.05) is 12.4 Å². The van der Waals surface area contributed by atoms with E-state index in [0.717, 1.165) is 32.6 Å². The van der Waals surface area contributed by atoms with Crippen LogP contribution in [0.25, 0.3) is 10.2 Å². The van der Waals surface area contributed by atoms with Gasteiger partial charge in [0.1, 0.15) is 21.9 Å². The minimum atomic E-state index is -0.369. The Hall–Kier alpha value is -2.18. The Morgan fingerprint density at radius 2 is 2.00 bits per heavy atom. The van der Waals surface area contributed by atoms with E-state index in [2.05, 4.69) is 15.3 Å². The highest BCUT2D eigenvalue weighted by atomic mass is 35.5. The summed E-state index contributed by atoms with van der Waals surface area (Å²) in [5, 5.41) is 4.72. The lowest BCUT2D eigenvalue weighted by molar-refractivity contribution is 0.0605. The van der Waals surface area contributed by atoms with Gasteiger partial charge in [0.05, 0.1) is 23.2 Å². The zero-order chi connectivity index (χ0) is 17.4. The van der Waals surface area contributed by atoms with Crippen LogP contribution in [0.5, 0.6) is 0 Å². The summed E-state index contributed by atoms with van der Waals surface area (Å²) >= 11 is 7.67. The molecular formula is C17H16ClN3O2S. The molecule has 0 bridgehead atoms. The summed E-state index contributed by atoms with van der Waals surface area (Å²) in [6.07, 6.45) is 1.47. The first-order valence-corrected chi connectivity index (χ1v) is 8.48. The van der Waals surface area contributed by atoms with E-state index in [1.807, 2.05) is 32.9 Å². The van der Waals surface area contributed by atoms with Gasteiger partial charge in [-0.25, -0.2) is 14.8 Å². The highest BCUT2D eigenvalue weighted by molar-refractivity contribution is 7.20. The minimum absolute atomic E-state index is 0.369. The van der Waals surface area contributed by atoms with E-state index in [0.29, 0.717) is 15.7 Å². The van der Waals surface area contributed by atoms with E-state index in [1.54, 1.807) is 0 Å². The van der Waals surface area contributed by atoms with Crippen molar-refractivity contribution in [3.05, 3.63) is 45.1 Å². The van der Waals surface area contributed by atoms with Crippen molar-refractivity contribution in [2.45, 2.75) is 20.8 Å². The molecule has 0 fully saturated rings. The lowest BCUT2D eigenvalue weighted by Crippen LogP contribution is -2.01. The number of benzene rings is 1.